The van der Waals surface area contributed by atoms with Gasteiger partial charge in [-0.2, -0.15) is 0 Å². The number of amides is 1. The maximum Gasteiger partial charge on any atom is 0.234 e. The highest BCUT2D eigenvalue weighted by Gasteiger charge is 2.14. The first-order chi connectivity index (χ1) is 9.63. The number of nitrogens with one attached hydrogen (secondary N) is 1. The number of rotatable bonds is 10. The van der Waals surface area contributed by atoms with Crippen LogP contribution in [0.3, 0.4) is 0 Å². The van der Waals surface area contributed by atoms with Gasteiger partial charge < -0.3 is 16.0 Å². The van der Waals surface area contributed by atoms with Crippen molar-refractivity contribution >= 4 is 5.91 Å². The fraction of sp³-hybridized carbons (Fsp3) is 0.600. The molecule has 1 aromatic heterocycles. The van der Waals surface area contributed by atoms with Crippen LogP contribution in [-0.4, -0.2) is 48.5 Å². The standard InChI is InChI=1S/C15H26N4O/c1-3-8-18-14(15(16)20)7-12-19(2)11-6-13-4-9-17-10-5-13/h4-5,9-10,14,18H,3,6-8,11-12H2,1-2H3,(H2,16,20). The van der Waals surface area contributed by atoms with Crippen LogP contribution in [0, 0.1) is 0 Å². The molecule has 20 heavy (non-hydrogen) atoms. The summed E-state index contributed by atoms with van der Waals surface area (Å²) in [6.07, 6.45) is 6.37. The van der Waals surface area contributed by atoms with Gasteiger partial charge in [0, 0.05) is 18.9 Å². The summed E-state index contributed by atoms with van der Waals surface area (Å²) < 4.78 is 0. The lowest BCUT2D eigenvalue weighted by Crippen LogP contribution is -2.43. The summed E-state index contributed by atoms with van der Waals surface area (Å²) in [4.78, 5) is 17.6. The van der Waals surface area contributed by atoms with E-state index in [2.05, 4.69) is 29.2 Å². The van der Waals surface area contributed by atoms with Gasteiger partial charge in [-0.3, -0.25) is 9.78 Å². The molecule has 0 radical (unpaired) electrons. The van der Waals surface area contributed by atoms with Crippen LogP contribution in [0.1, 0.15) is 25.3 Å². The van der Waals surface area contributed by atoms with E-state index in [4.69, 9.17) is 5.73 Å². The Morgan fingerprint density at radius 1 is 1.40 bits per heavy atom. The molecule has 0 spiro atoms. The Bertz CT molecular complexity index is 383. The SMILES string of the molecule is CCCNC(CCN(C)CCc1ccncc1)C(N)=O. The molecule has 1 aromatic rings. The summed E-state index contributed by atoms with van der Waals surface area (Å²) in [5.41, 5.74) is 6.68. The molecule has 0 aliphatic rings. The van der Waals surface area contributed by atoms with Gasteiger partial charge >= 0.3 is 0 Å². The highest BCUT2D eigenvalue weighted by atomic mass is 16.1. The summed E-state index contributed by atoms with van der Waals surface area (Å²) in [5, 5.41) is 3.19. The van der Waals surface area contributed by atoms with Crippen molar-refractivity contribution in [2.24, 2.45) is 5.73 Å². The number of hydrogen-bond donors (Lipinski definition) is 2. The molecule has 0 aliphatic heterocycles. The van der Waals surface area contributed by atoms with E-state index in [-0.39, 0.29) is 11.9 Å². The van der Waals surface area contributed by atoms with Crippen molar-refractivity contribution < 1.29 is 4.79 Å². The lowest BCUT2D eigenvalue weighted by atomic mass is 10.1. The van der Waals surface area contributed by atoms with Crippen LogP contribution in [0.5, 0.6) is 0 Å². The average molecular weight is 278 g/mol. The number of carbonyl (C=O) groups excluding carboxylic acids is 1. The first-order valence-electron chi connectivity index (χ1n) is 7.23. The normalized spacial score (nSPS) is 12.6. The third-order valence-corrected chi connectivity index (χ3v) is 3.32. The summed E-state index contributed by atoms with van der Waals surface area (Å²) in [5.74, 6) is -0.263. The van der Waals surface area contributed by atoms with Crippen LogP contribution in [0.4, 0.5) is 0 Å². The van der Waals surface area contributed by atoms with Crippen LogP contribution >= 0.6 is 0 Å². The largest absolute Gasteiger partial charge is 0.368 e. The molecule has 0 aromatic carbocycles. The van der Waals surface area contributed by atoms with Crippen molar-refractivity contribution in [2.45, 2.75) is 32.2 Å². The number of nitrogens with zero attached hydrogens (tertiary/aromatic N) is 2. The van der Waals surface area contributed by atoms with Crippen LogP contribution in [0.2, 0.25) is 0 Å². The molecule has 112 valence electrons. The first kappa shape index (κ1) is 16.6. The molecule has 3 N–H and O–H groups in total. The monoisotopic (exact) mass is 278 g/mol. The van der Waals surface area contributed by atoms with Crippen LogP contribution in [0.15, 0.2) is 24.5 Å². The number of likely N-dealkylation sites (N-methyl/N-ethyl adjacent to an activating group) is 1. The van der Waals surface area contributed by atoms with Gasteiger partial charge in [-0.15, -0.1) is 0 Å². The zero-order valence-corrected chi connectivity index (χ0v) is 12.5. The second-order valence-corrected chi connectivity index (χ2v) is 5.11. The predicted octanol–water partition coefficient (Wildman–Crippen LogP) is 0.800. The third-order valence-electron chi connectivity index (χ3n) is 3.32. The van der Waals surface area contributed by atoms with E-state index >= 15 is 0 Å². The van der Waals surface area contributed by atoms with E-state index in [1.54, 1.807) is 0 Å². The number of pyridine rings is 1. The van der Waals surface area contributed by atoms with Crippen molar-refractivity contribution in [3.05, 3.63) is 30.1 Å². The number of aromatic nitrogens is 1. The molecule has 1 atom stereocenters. The number of carbonyl (C=O) groups is 1. The van der Waals surface area contributed by atoms with Gasteiger partial charge in [0.2, 0.25) is 5.91 Å². The minimum absolute atomic E-state index is 0.224. The van der Waals surface area contributed by atoms with E-state index in [1.165, 1.54) is 5.56 Å². The van der Waals surface area contributed by atoms with Gasteiger partial charge in [-0.1, -0.05) is 6.92 Å². The molecule has 0 aliphatic carbocycles. The minimum Gasteiger partial charge on any atom is -0.368 e. The highest BCUT2D eigenvalue weighted by molar-refractivity contribution is 5.79. The molecule has 1 unspecified atom stereocenters. The Kier molecular flexibility index (Phi) is 7.84. The van der Waals surface area contributed by atoms with Gasteiger partial charge in [0.15, 0.2) is 0 Å². The van der Waals surface area contributed by atoms with E-state index in [9.17, 15) is 4.79 Å². The van der Waals surface area contributed by atoms with Gasteiger partial charge in [-0.05, 0) is 57.1 Å². The van der Waals surface area contributed by atoms with Gasteiger partial charge in [0.1, 0.15) is 0 Å². The second kappa shape index (κ2) is 9.44. The topological polar surface area (TPSA) is 71.2 Å². The first-order valence-corrected chi connectivity index (χ1v) is 7.23. The fourth-order valence-corrected chi connectivity index (χ4v) is 1.99. The maximum atomic E-state index is 11.3. The molecule has 5 heteroatoms. The second-order valence-electron chi connectivity index (χ2n) is 5.11. The van der Waals surface area contributed by atoms with E-state index in [1.807, 2.05) is 24.5 Å². The Hall–Kier alpha value is -1.46. The maximum absolute atomic E-state index is 11.3. The lowest BCUT2D eigenvalue weighted by molar-refractivity contribution is -0.120. The third kappa shape index (κ3) is 6.63. The molecule has 5 nitrogen and oxygen atoms in total. The van der Waals surface area contributed by atoms with Crippen molar-refractivity contribution in [3.63, 3.8) is 0 Å². The predicted molar refractivity (Wildman–Crippen MR) is 81.3 cm³/mol. The fourth-order valence-electron chi connectivity index (χ4n) is 1.99. The molecular formula is C15H26N4O. The Morgan fingerprint density at radius 3 is 2.70 bits per heavy atom. The molecule has 1 rings (SSSR count). The number of hydrogen-bond acceptors (Lipinski definition) is 4. The molecule has 0 bridgehead atoms. The number of nitrogens with two attached hydrogens (primary N) is 1. The summed E-state index contributed by atoms with van der Waals surface area (Å²) >= 11 is 0. The van der Waals surface area contributed by atoms with Gasteiger partial charge in [-0.25, -0.2) is 0 Å². The molecular weight excluding hydrogens is 252 g/mol. The van der Waals surface area contributed by atoms with E-state index in [0.717, 1.165) is 38.9 Å². The van der Waals surface area contributed by atoms with Crippen LogP contribution in [-0.2, 0) is 11.2 Å². The number of primary amides is 1. The van der Waals surface area contributed by atoms with Gasteiger partial charge in [0.25, 0.3) is 0 Å². The highest BCUT2D eigenvalue weighted by Crippen LogP contribution is 2.01. The molecule has 0 fully saturated rings. The molecule has 1 heterocycles. The quantitative estimate of drug-likeness (QED) is 0.664. The Balaban J connectivity index is 2.27. The minimum atomic E-state index is -0.263. The zero-order chi connectivity index (χ0) is 14.8. The smallest absolute Gasteiger partial charge is 0.234 e. The van der Waals surface area contributed by atoms with E-state index in [0.29, 0.717) is 0 Å². The van der Waals surface area contributed by atoms with Crippen molar-refractivity contribution in [3.8, 4) is 0 Å². The average Bonchev–Trinajstić information content (AvgIpc) is 2.46. The molecule has 0 saturated heterocycles. The summed E-state index contributed by atoms with van der Waals surface area (Å²) in [7, 11) is 2.07. The van der Waals surface area contributed by atoms with Crippen LogP contribution < -0.4 is 11.1 Å². The van der Waals surface area contributed by atoms with Crippen molar-refractivity contribution in [1.82, 2.24) is 15.2 Å². The van der Waals surface area contributed by atoms with Crippen LogP contribution in [0.25, 0.3) is 0 Å². The molecule has 0 saturated carbocycles. The Morgan fingerprint density at radius 2 is 2.10 bits per heavy atom. The lowest BCUT2D eigenvalue weighted by Gasteiger charge is -2.20. The zero-order valence-electron chi connectivity index (χ0n) is 12.5. The molecule has 1 amide bonds. The van der Waals surface area contributed by atoms with Gasteiger partial charge in [0.05, 0.1) is 6.04 Å². The Labute approximate surface area is 121 Å². The summed E-state index contributed by atoms with van der Waals surface area (Å²) in [6, 6.07) is 3.84. The summed E-state index contributed by atoms with van der Waals surface area (Å²) in [6.45, 7) is 4.72. The van der Waals surface area contributed by atoms with Crippen molar-refractivity contribution in [2.75, 3.05) is 26.7 Å². The van der Waals surface area contributed by atoms with E-state index < -0.39 is 0 Å². The van der Waals surface area contributed by atoms with Crippen molar-refractivity contribution in [1.29, 1.82) is 0 Å².